The molecule has 1 atom stereocenters. The molecule has 0 spiro atoms. The normalized spacial score (nSPS) is 16.2. The van der Waals surface area contributed by atoms with Crippen LogP contribution < -0.4 is 0 Å². The van der Waals surface area contributed by atoms with Gasteiger partial charge in [-0.25, -0.2) is 4.39 Å². The highest BCUT2D eigenvalue weighted by Crippen LogP contribution is 2.11. The van der Waals surface area contributed by atoms with Gasteiger partial charge in [0.05, 0.1) is 0 Å². The number of nitrogens with zero attached hydrogens (tertiary/aromatic N) is 1. The van der Waals surface area contributed by atoms with E-state index in [0.29, 0.717) is 0 Å². The Morgan fingerprint density at radius 1 is 2.00 bits per heavy atom. The molecule has 0 amide bonds. The van der Waals surface area contributed by atoms with Gasteiger partial charge in [-0.15, -0.1) is 0 Å². The highest BCUT2D eigenvalue weighted by atomic mass is 35.5. The fraction of sp³-hybridized carbons (Fsp3) is 0.500. The van der Waals surface area contributed by atoms with Crippen LogP contribution >= 0.6 is 11.6 Å². The van der Waals surface area contributed by atoms with Gasteiger partial charge in [-0.1, -0.05) is 0 Å². The average Bonchev–Trinajstić information content (AvgIpc) is 1.67. The predicted molar refractivity (Wildman–Crippen MR) is 26.0 cm³/mol. The molecule has 0 aliphatic rings. The number of alkyl halides is 1. The summed E-state index contributed by atoms with van der Waals surface area (Å²) in [5.74, 6) is 0. The lowest BCUT2D eigenvalue weighted by Crippen LogP contribution is -2.22. The zero-order chi connectivity index (χ0) is 6.78. The molecule has 0 aliphatic heterocycles. The van der Waals surface area contributed by atoms with E-state index in [0.717, 1.165) is 13.0 Å². The van der Waals surface area contributed by atoms with Crippen LogP contribution in [0.1, 0.15) is 6.92 Å². The number of hydrogen-bond acceptors (Lipinski definition) is 2. The summed E-state index contributed by atoms with van der Waals surface area (Å²) in [6.07, 6.45) is 0. The van der Waals surface area contributed by atoms with E-state index in [1.165, 1.54) is 0 Å². The molecular weight excluding hydrogens is 133 g/mol. The third-order valence-electron chi connectivity index (χ3n) is 0.579. The first-order valence-electron chi connectivity index (χ1n) is 1.81. The molecule has 0 aromatic rings. The van der Waals surface area contributed by atoms with Crippen molar-refractivity contribution < 1.29 is 9.18 Å². The molecule has 0 N–H and O–H groups in total. The standard InChI is InChI=1S/C4H3ClFNO/c1-4(6,2-7)3(5)8/h1H3. The molecule has 0 saturated heterocycles. The molecule has 4 heteroatoms. The second-order valence-corrected chi connectivity index (χ2v) is 1.73. The molecule has 0 heterocycles. The fourth-order valence-electron chi connectivity index (χ4n) is 0.0440. The van der Waals surface area contributed by atoms with Crippen molar-refractivity contribution in [2.75, 3.05) is 0 Å². The van der Waals surface area contributed by atoms with Gasteiger partial charge < -0.3 is 0 Å². The van der Waals surface area contributed by atoms with Crippen LogP contribution in [0.25, 0.3) is 0 Å². The van der Waals surface area contributed by atoms with E-state index in [-0.39, 0.29) is 0 Å². The summed E-state index contributed by atoms with van der Waals surface area (Å²) in [5, 5.41) is 6.56. The van der Waals surface area contributed by atoms with Gasteiger partial charge in [-0.2, -0.15) is 5.26 Å². The summed E-state index contributed by atoms with van der Waals surface area (Å²) in [6, 6.07) is 1.09. The van der Waals surface area contributed by atoms with Crippen molar-refractivity contribution in [1.82, 2.24) is 0 Å². The molecule has 0 saturated carbocycles. The summed E-state index contributed by atoms with van der Waals surface area (Å²) in [5.41, 5.74) is -2.53. The van der Waals surface area contributed by atoms with Gasteiger partial charge in [0.1, 0.15) is 6.07 Å². The predicted octanol–water partition coefficient (Wildman–Crippen LogP) is 1.00. The first kappa shape index (κ1) is 7.38. The van der Waals surface area contributed by atoms with Crippen LogP contribution in [0.5, 0.6) is 0 Å². The molecule has 0 bridgehead atoms. The maximum Gasteiger partial charge on any atom is 0.273 e. The first-order chi connectivity index (χ1) is 3.50. The molecule has 0 fully saturated rings. The Hall–Kier alpha value is -0.620. The summed E-state index contributed by atoms with van der Waals surface area (Å²) in [4.78, 5) is 9.86. The number of halogens is 2. The van der Waals surface area contributed by atoms with E-state index in [1.54, 1.807) is 0 Å². The Bertz CT molecular complexity index is 149. The van der Waals surface area contributed by atoms with E-state index in [1.807, 2.05) is 0 Å². The van der Waals surface area contributed by atoms with Crippen molar-refractivity contribution in [2.24, 2.45) is 0 Å². The van der Waals surface area contributed by atoms with E-state index >= 15 is 0 Å². The number of rotatable bonds is 1. The highest BCUT2D eigenvalue weighted by Gasteiger charge is 2.30. The Balaban J connectivity index is 4.19. The van der Waals surface area contributed by atoms with E-state index < -0.39 is 10.9 Å². The molecule has 0 rings (SSSR count). The van der Waals surface area contributed by atoms with E-state index in [9.17, 15) is 9.18 Å². The minimum atomic E-state index is -2.53. The second kappa shape index (κ2) is 2.10. The van der Waals surface area contributed by atoms with Gasteiger partial charge in [-0.05, 0) is 18.5 Å². The number of carbonyl (C=O) groups excluding carboxylic acids is 1. The minimum absolute atomic E-state index is 0.808. The molecule has 0 aromatic heterocycles. The van der Waals surface area contributed by atoms with Crippen LogP contribution in [0, 0.1) is 11.3 Å². The molecule has 1 unspecified atom stereocenters. The largest absolute Gasteiger partial charge is 0.276 e. The van der Waals surface area contributed by atoms with Crippen molar-refractivity contribution in [3.63, 3.8) is 0 Å². The van der Waals surface area contributed by atoms with Gasteiger partial charge in [0, 0.05) is 0 Å². The first-order valence-corrected chi connectivity index (χ1v) is 2.18. The molecule has 0 aliphatic carbocycles. The number of nitriles is 1. The second-order valence-electron chi connectivity index (χ2n) is 1.39. The van der Waals surface area contributed by atoms with E-state index in [4.69, 9.17) is 5.26 Å². The summed E-state index contributed by atoms with van der Waals surface area (Å²) in [7, 11) is 0. The van der Waals surface area contributed by atoms with Crippen molar-refractivity contribution in [3.05, 3.63) is 0 Å². The number of hydrogen-bond donors (Lipinski definition) is 0. The minimum Gasteiger partial charge on any atom is -0.276 e. The van der Waals surface area contributed by atoms with Gasteiger partial charge in [0.2, 0.25) is 0 Å². The SMILES string of the molecule is CC(F)(C#N)C(=O)Cl. The Kier molecular flexibility index (Phi) is 1.94. The van der Waals surface area contributed by atoms with Gasteiger partial charge in [-0.3, -0.25) is 4.79 Å². The fourth-order valence-corrected chi connectivity index (χ4v) is 0.0862. The van der Waals surface area contributed by atoms with Crippen molar-refractivity contribution in [1.29, 1.82) is 5.26 Å². The average molecular weight is 136 g/mol. The Morgan fingerprint density at radius 3 is 2.38 bits per heavy atom. The molecular formula is C4H3ClFNO. The quantitative estimate of drug-likeness (QED) is 0.504. The smallest absolute Gasteiger partial charge is 0.273 e. The summed E-state index contributed by atoms with van der Waals surface area (Å²) in [6.45, 7) is 0.808. The maximum absolute atomic E-state index is 12.1. The third-order valence-corrected chi connectivity index (χ3v) is 0.934. The van der Waals surface area contributed by atoms with Crippen molar-refractivity contribution >= 4 is 16.8 Å². The third kappa shape index (κ3) is 1.47. The van der Waals surface area contributed by atoms with Crippen LogP contribution in [-0.4, -0.2) is 10.9 Å². The van der Waals surface area contributed by atoms with Gasteiger partial charge in [0.15, 0.2) is 0 Å². The monoisotopic (exact) mass is 135 g/mol. The van der Waals surface area contributed by atoms with Crippen LogP contribution in [0.2, 0.25) is 0 Å². The van der Waals surface area contributed by atoms with Crippen molar-refractivity contribution in [3.8, 4) is 6.07 Å². The van der Waals surface area contributed by atoms with Crippen molar-refractivity contribution in [2.45, 2.75) is 12.6 Å². The van der Waals surface area contributed by atoms with Crippen LogP contribution in [-0.2, 0) is 4.79 Å². The number of carbonyl (C=O) groups is 1. The lowest BCUT2D eigenvalue weighted by molar-refractivity contribution is -0.118. The Morgan fingerprint density at radius 2 is 2.38 bits per heavy atom. The zero-order valence-corrected chi connectivity index (χ0v) is 4.87. The van der Waals surface area contributed by atoms with E-state index in [2.05, 4.69) is 11.6 Å². The van der Waals surface area contributed by atoms with Crippen LogP contribution in [0.3, 0.4) is 0 Å². The lowest BCUT2D eigenvalue weighted by atomic mass is 10.2. The Labute approximate surface area is 50.9 Å². The highest BCUT2D eigenvalue weighted by molar-refractivity contribution is 6.65. The maximum atomic E-state index is 12.1. The molecule has 0 radical (unpaired) electrons. The summed E-state index contributed by atoms with van der Waals surface area (Å²) < 4.78 is 12.1. The van der Waals surface area contributed by atoms with Crippen LogP contribution in [0.15, 0.2) is 0 Å². The van der Waals surface area contributed by atoms with Crippen LogP contribution in [0.4, 0.5) is 4.39 Å². The van der Waals surface area contributed by atoms with Gasteiger partial charge in [0.25, 0.3) is 10.9 Å². The molecule has 2 nitrogen and oxygen atoms in total. The molecule has 8 heavy (non-hydrogen) atoms. The molecule has 44 valence electrons. The summed E-state index contributed by atoms with van der Waals surface area (Å²) >= 11 is 4.63. The molecule has 0 aromatic carbocycles. The lowest BCUT2D eigenvalue weighted by Gasteiger charge is -2.00. The topological polar surface area (TPSA) is 40.9 Å². The van der Waals surface area contributed by atoms with Gasteiger partial charge >= 0.3 is 0 Å². The zero-order valence-electron chi connectivity index (χ0n) is 4.11.